The Morgan fingerprint density at radius 1 is 1.12 bits per heavy atom. The number of hydrogen-bond donors (Lipinski definition) is 0. The smallest absolute Gasteiger partial charge is 0.230 e. The van der Waals surface area contributed by atoms with Crippen molar-refractivity contribution in [1.82, 2.24) is 24.5 Å². The SMILES string of the molecule is Cc1c(CN2CCC3(CCN(CCN4CCOCC4)C3=O)C2)cnn1C. The molecule has 0 aliphatic carbocycles. The quantitative estimate of drug-likeness (QED) is 0.764. The van der Waals surface area contributed by atoms with Crippen LogP contribution in [0.2, 0.25) is 0 Å². The maximum absolute atomic E-state index is 13.1. The van der Waals surface area contributed by atoms with Gasteiger partial charge < -0.3 is 9.64 Å². The zero-order valence-electron chi connectivity index (χ0n) is 16.1. The first kappa shape index (κ1) is 17.9. The van der Waals surface area contributed by atoms with Gasteiger partial charge in [-0.25, -0.2) is 0 Å². The molecule has 1 aromatic heterocycles. The Kier molecular flexibility index (Phi) is 5.03. The van der Waals surface area contributed by atoms with Crippen LogP contribution in [0.25, 0.3) is 0 Å². The number of carbonyl (C=O) groups is 1. The Morgan fingerprint density at radius 3 is 2.62 bits per heavy atom. The molecule has 26 heavy (non-hydrogen) atoms. The second-order valence-electron chi connectivity index (χ2n) is 8.12. The van der Waals surface area contributed by atoms with E-state index in [1.807, 2.05) is 17.9 Å². The third kappa shape index (κ3) is 3.40. The van der Waals surface area contributed by atoms with Crippen molar-refractivity contribution in [1.29, 1.82) is 0 Å². The highest BCUT2D eigenvalue weighted by Crippen LogP contribution is 2.41. The zero-order valence-corrected chi connectivity index (χ0v) is 16.1. The summed E-state index contributed by atoms with van der Waals surface area (Å²) in [6, 6.07) is 0. The molecule has 4 heterocycles. The monoisotopic (exact) mass is 361 g/mol. The van der Waals surface area contributed by atoms with Crippen LogP contribution in [0.1, 0.15) is 24.1 Å². The van der Waals surface area contributed by atoms with Gasteiger partial charge in [-0.2, -0.15) is 5.10 Å². The van der Waals surface area contributed by atoms with E-state index in [4.69, 9.17) is 4.74 Å². The molecule has 0 saturated carbocycles. The molecule has 7 heteroatoms. The predicted molar refractivity (Wildman–Crippen MR) is 98.7 cm³/mol. The van der Waals surface area contributed by atoms with Gasteiger partial charge in [-0.3, -0.25) is 19.3 Å². The van der Waals surface area contributed by atoms with Crippen molar-refractivity contribution in [3.8, 4) is 0 Å². The van der Waals surface area contributed by atoms with E-state index >= 15 is 0 Å². The average Bonchev–Trinajstić information content (AvgIpc) is 3.31. The second kappa shape index (κ2) is 7.29. The number of rotatable bonds is 5. The molecular formula is C19H31N5O2. The van der Waals surface area contributed by atoms with E-state index < -0.39 is 0 Å². The third-order valence-electron chi connectivity index (χ3n) is 6.55. The lowest BCUT2D eigenvalue weighted by molar-refractivity contribution is -0.135. The Morgan fingerprint density at radius 2 is 1.88 bits per heavy atom. The Labute approximate surface area is 155 Å². The minimum atomic E-state index is -0.138. The van der Waals surface area contributed by atoms with Gasteiger partial charge in [-0.1, -0.05) is 0 Å². The summed E-state index contributed by atoms with van der Waals surface area (Å²) < 4.78 is 7.33. The zero-order chi connectivity index (χ0) is 18.1. The second-order valence-corrected chi connectivity index (χ2v) is 8.12. The molecule has 1 spiro atoms. The van der Waals surface area contributed by atoms with Crippen LogP contribution in [0.5, 0.6) is 0 Å². The van der Waals surface area contributed by atoms with Crippen LogP contribution >= 0.6 is 0 Å². The van der Waals surface area contributed by atoms with Crippen molar-refractivity contribution in [2.45, 2.75) is 26.3 Å². The number of carbonyl (C=O) groups excluding carboxylic acids is 1. The van der Waals surface area contributed by atoms with Crippen LogP contribution in [0.3, 0.4) is 0 Å². The highest BCUT2D eigenvalue weighted by atomic mass is 16.5. The van der Waals surface area contributed by atoms with Crippen molar-refractivity contribution >= 4 is 5.91 Å². The minimum absolute atomic E-state index is 0.138. The van der Waals surface area contributed by atoms with Gasteiger partial charge in [-0.15, -0.1) is 0 Å². The van der Waals surface area contributed by atoms with E-state index in [2.05, 4.69) is 26.7 Å². The molecule has 1 unspecified atom stereocenters. The van der Waals surface area contributed by atoms with E-state index in [1.54, 1.807) is 0 Å². The molecule has 1 amide bonds. The molecule has 0 aromatic carbocycles. The molecule has 0 radical (unpaired) electrons. The van der Waals surface area contributed by atoms with Gasteiger partial charge in [0.25, 0.3) is 0 Å². The van der Waals surface area contributed by atoms with E-state index in [-0.39, 0.29) is 5.41 Å². The van der Waals surface area contributed by atoms with E-state index in [0.717, 1.165) is 78.4 Å². The van der Waals surface area contributed by atoms with Crippen molar-refractivity contribution in [3.63, 3.8) is 0 Å². The summed E-state index contributed by atoms with van der Waals surface area (Å²) >= 11 is 0. The molecule has 3 aliphatic rings. The van der Waals surface area contributed by atoms with Crippen LogP contribution in [-0.4, -0.2) is 89.4 Å². The van der Waals surface area contributed by atoms with Gasteiger partial charge in [0.05, 0.1) is 24.8 Å². The molecule has 7 nitrogen and oxygen atoms in total. The number of aromatic nitrogens is 2. The van der Waals surface area contributed by atoms with Gasteiger partial charge in [-0.05, 0) is 26.3 Å². The molecule has 3 aliphatic heterocycles. The molecule has 4 rings (SSSR count). The van der Waals surface area contributed by atoms with Gasteiger partial charge in [0.2, 0.25) is 5.91 Å². The van der Waals surface area contributed by atoms with E-state index in [0.29, 0.717) is 5.91 Å². The number of amides is 1. The fourth-order valence-electron chi connectivity index (χ4n) is 4.61. The fraction of sp³-hybridized carbons (Fsp3) is 0.789. The van der Waals surface area contributed by atoms with Crippen molar-refractivity contribution < 1.29 is 9.53 Å². The minimum Gasteiger partial charge on any atom is -0.379 e. The summed E-state index contributed by atoms with van der Waals surface area (Å²) in [6.45, 7) is 11.3. The third-order valence-corrected chi connectivity index (χ3v) is 6.55. The highest BCUT2D eigenvalue weighted by molar-refractivity contribution is 5.85. The number of nitrogens with zero attached hydrogens (tertiary/aromatic N) is 5. The van der Waals surface area contributed by atoms with Crippen LogP contribution < -0.4 is 0 Å². The standard InChI is InChI=1S/C19H31N5O2/c1-16-17(13-20-21(16)2)14-23-5-3-19(15-23)4-6-24(18(19)25)8-7-22-9-11-26-12-10-22/h13H,3-12,14-15H2,1-2H3. The number of ether oxygens (including phenoxy) is 1. The lowest BCUT2D eigenvalue weighted by Gasteiger charge is -2.29. The Hall–Kier alpha value is -1.44. The first-order valence-corrected chi connectivity index (χ1v) is 9.87. The number of hydrogen-bond acceptors (Lipinski definition) is 5. The maximum Gasteiger partial charge on any atom is 0.230 e. The molecule has 3 saturated heterocycles. The number of likely N-dealkylation sites (tertiary alicyclic amines) is 2. The Balaban J connectivity index is 1.31. The van der Waals surface area contributed by atoms with Crippen LogP contribution in [0, 0.1) is 12.3 Å². The summed E-state index contributed by atoms with van der Waals surface area (Å²) in [4.78, 5) is 20.1. The van der Waals surface area contributed by atoms with Crippen molar-refractivity contribution in [2.75, 3.05) is 59.0 Å². The lowest BCUT2D eigenvalue weighted by atomic mass is 9.85. The van der Waals surface area contributed by atoms with E-state index in [9.17, 15) is 4.79 Å². The topological polar surface area (TPSA) is 53.8 Å². The number of morpholine rings is 1. The molecule has 3 fully saturated rings. The van der Waals surface area contributed by atoms with Crippen LogP contribution in [0.15, 0.2) is 6.20 Å². The normalized spacial score (nSPS) is 27.9. The summed E-state index contributed by atoms with van der Waals surface area (Å²) in [5, 5.41) is 4.34. The highest BCUT2D eigenvalue weighted by Gasteiger charge is 2.50. The summed E-state index contributed by atoms with van der Waals surface area (Å²) in [5.74, 6) is 0.385. The molecular weight excluding hydrogens is 330 g/mol. The maximum atomic E-state index is 13.1. The average molecular weight is 361 g/mol. The molecule has 144 valence electrons. The summed E-state index contributed by atoms with van der Waals surface area (Å²) in [5.41, 5.74) is 2.36. The number of aryl methyl sites for hydroxylation is 1. The molecule has 1 aromatic rings. The predicted octanol–water partition coefficient (Wildman–Crippen LogP) is 0.485. The molecule has 1 atom stereocenters. The van der Waals surface area contributed by atoms with Crippen LogP contribution in [-0.2, 0) is 23.1 Å². The van der Waals surface area contributed by atoms with Gasteiger partial charge in [0.1, 0.15) is 0 Å². The summed E-state index contributed by atoms with van der Waals surface area (Å²) in [6.07, 6.45) is 3.97. The van der Waals surface area contributed by atoms with Crippen molar-refractivity contribution in [2.24, 2.45) is 12.5 Å². The van der Waals surface area contributed by atoms with Gasteiger partial charge >= 0.3 is 0 Å². The molecule has 0 N–H and O–H groups in total. The van der Waals surface area contributed by atoms with Gasteiger partial charge in [0.15, 0.2) is 0 Å². The fourth-order valence-corrected chi connectivity index (χ4v) is 4.61. The lowest BCUT2D eigenvalue weighted by Crippen LogP contribution is -2.43. The van der Waals surface area contributed by atoms with Gasteiger partial charge in [0, 0.05) is 64.1 Å². The largest absolute Gasteiger partial charge is 0.379 e. The first-order chi connectivity index (χ1) is 12.6. The molecule has 0 bridgehead atoms. The Bertz CT molecular complexity index is 654. The van der Waals surface area contributed by atoms with Crippen molar-refractivity contribution in [3.05, 3.63) is 17.5 Å². The van der Waals surface area contributed by atoms with E-state index in [1.165, 1.54) is 11.3 Å². The summed E-state index contributed by atoms with van der Waals surface area (Å²) in [7, 11) is 1.98. The first-order valence-electron chi connectivity index (χ1n) is 9.87. The van der Waals surface area contributed by atoms with Crippen LogP contribution in [0.4, 0.5) is 0 Å².